The topological polar surface area (TPSA) is 74.6 Å². The van der Waals surface area contributed by atoms with Crippen LogP contribution in [0.5, 0.6) is 17.2 Å². The van der Waals surface area contributed by atoms with Gasteiger partial charge in [0, 0.05) is 34.6 Å². The molecule has 1 amide bonds. The number of carbonyl (C=O) groups excluding carboxylic acids is 1. The molecule has 1 atom stereocenters. The zero-order chi connectivity index (χ0) is 21.4. The molecule has 0 aliphatic carbocycles. The molecule has 7 nitrogen and oxygen atoms in total. The number of nitrogens with one attached hydrogen (secondary N) is 1. The Morgan fingerprint density at radius 2 is 1.77 bits per heavy atom. The Balaban J connectivity index is 1.88. The minimum absolute atomic E-state index is 0.106. The molecule has 0 saturated heterocycles. The molecule has 1 aliphatic rings. The van der Waals surface area contributed by atoms with Crippen LogP contribution in [0.15, 0.2) is 36.5 Å². The third-order valence-electron chi connectivity index (χ3n) is 5.40. The molecule has 1 N–H and O–H groups in total. The Kier molecular flexibility index (Phi) is 5.30. The predicted octanol–water partition coefficient (Wildman–Crippen LogP) is 4.33. The van der Waals surface area contributed by atoms with E-state index in [1.165, 1.54) is 0 Å². The van der Waals surface area contributed by atoms with Crippen molar-refractivity contribution in [2.24, 2.45) is 0 Å². The van der Waals surface area contributed by atoms with Crippen molar-refractivity contribution in [2.75, 3.05) is 26.6 Å². The van der Waals surface area contributed by atoms with Crippen LogP contribution < -0.4 is 19.5 Å². The van der Waals surface area contributed by atoms with E-state index < -0.39 is 0 Å². The highest BCUT2D eigenvalue weighted by molar-refractivity contribution is 6.31. The van der Waals surface area contributed by atoms with Crippen molar-refractivity contribution < 1.29 is 19.0 Å². The van der Waals surface area contributed by atoms with Crippen molar-refractivity contribution in [1.29, 1.82) is 0 Å². The van der Waals surface area contributed by atoms with Crippen LogP contribution in [0.25, 0.3) is 5.69 Å². The summed E-state index contributed by atoms with van der Waals surface area (Å²) in [5.74, 6) is 2.01. The Hall–Kier alpha value is -3.19. The Morgan fingerprint density at radius 1 is 1.07 bits per heavy atom. The highest BCUT2D eigenvalue weighted by Gasteiger charge is 2.33. The van der Waals surface area contributed by atoms with E-state index in [9.17, 15) is 4.79 Å². The van der Waals surface area contributed by atoms with Crippen molar-refractivity contribution in [3.05, 3.63) is 58.2 Å². The number of halogens is 1. The second-order valence-electron chi connectivity index (χ2n) is 7.00. The van der Waals surface area contributed by atoms with Gasteiger partial charge in [0.1, 0.15) is 11.6 Å². The van der Waals surface area contributed by atoms with Crippen molar-refractivity contribution >= 4 is 23.3 Å². The molecular formula is C22H22ClN3O4. The van der Waals surface area contributed by atoms with Crippen molar-refractivity contribution in [2.45, 2.75) is 19.3 Å². The summed E-state index contributed by atoms with van der Waals surface area (Å²) in [5, 5.41) is 8.16. The SMILES string of the molecule is COc1cc(OC)c(C2CC(=O)Nc3c2cnn3-c2cccc(Cl)c2C)cc1OC. The number of nitrogens with zero attached hydrogens (tertiary/aromatic N) is 2. The maximum absolute atomic E-state index is 12.6. The Labute approximate surface area is 179 Å². The lowest BCUT2D eigenvalue weighted by atomic mass is 9.86. The molecule has 4 rings (SSSR count). The monoisotopic (exact) mass is 427 g/mol. The lowest BCUT2D eigenvalue weighted by molar-refractivity contribution is -0.116. The number of aromatic nitrogens is 2. The Bertz CT molecular complexity index is 1130. The van der Waals surface area contributed by atoms with E-state index in [0.717, 1.165) is 22.4 Å². The maximum atomic E-state index is 12.6. The van der Waals surface area contributed by atoms with Crippen LogP contribution in [0, 0.1) is 6.92 Å². The smallest absolute Gasteiger partial charge is 0.226 e. The quantitative estimate of drug-likeness (QED) is 0.655. The van der Waals surface area contributed by atoms with Crippen LogP contribution in [0.2, 0.25) is 5.02 Å². The first-order chi connectivity index (χ1) is 14.5. The average Bonchev–Trinajstić information content (AvgIpc) is 3.17. The van der Waals surface area contributed by atoms with Gasteiger partial charge in [0.25, 0.3) is 0 Å². The molecule has 30 heavy (non-hydrogen) atoms. The molecule has 1 aromatic heterocycles. The first-order valence-electron chi connectivity index (χ1n) is 9.41. The summed E-state index contributed by atoms with van der Waals surface area (Å²) in [7, 11) is 4.74. The number of hydrogen-bond donors (Lipinski definition) is 1. The zero-order valence-corrected chi connectivity index (χ0v) is 17.9. The lowest BCUT2D eigenvalue weighted by Gasteiger charge is -2.26. The first-order valence-corrected chi connectivity index (χ1v) is 9.79. The highest BCUT2D eigenvalue weighted by Crippen LogP contribution is 2.45. The molecule has 0 spiro atoms. The summed E-state index contributed by atoms with van der Waals surface area (Å²) in [6.07, 6.45) is 2.04. The van der Waals surface area contributed by atoms with Gasteiger partial charge in [0.05, 0.1) is 33.2 Å². The van der Waals surface area contributed by atoms with E-state index >= 15 is 0 Å². The van der Waals surface area contributed by atoms with E-state index in [0.29, 0.717) is 28.1 Å². The number of benzene rings is 2. The number of methoxy groups -OCH3 is 3. The third kappa shape index (κ3) is 3.25. The van der Waals surface area contributed by atoms with E-state index in [-0.39, 0.29) is 18.2 Å². The average molecular weight is 428 g/mol. The van der Waals surface area contributed by atoms with Crippen LogP contribution in [-0.2, 0) is 4.79 Å². The molecule has 2 heterocycles. The molecule has 1 aliphatic heterocycles. The molecular weight excluding hydrogens is 406 g/mol. The standard InChI is InChI=1S/C22H22ClN3O4/c1-12-16(23)6-5-7-17(12)26-22-15(11-24-26)13(9-21(27)25-22)14-8-19(29-3)20(30-4)10-18(14)28-2/h5-8,10-11,13H,9H2,1-4H3,(H,25,27). The fourth-order valence-electron chi connectivity index (χ4n) is 3.83. The summed E-state index contributed by atoms with van der Waals surface area (Å²) in [6, 6.07) is 9.23. The van der Waals surface area contributed by atoms with Crippen LogP contribution in [0.4, 0.5) is 5.82 Å². The van der Waals surface area contributed by atoms with Crippen LogP contribution in [0.3, 0.4) is 0 Å². The molecule has 156 valence electrons. The minimum Gasteiger partial charge on any atom is -0.496 e. The number of rotatable bonds is 5. The fourth-order valence-corrected chi connectivity index (χ4v) is 4.00. The molecule has 0 radical (unpaired) electrons. The van der Waals surface area contributed by atoms with Crippen LogP contribution >= 0.6 is 11.6 Å². The van der Waals surface area contributed by atoms with Crippen LogP contribution in [0.1, 0.15) is 29.0 Å². The van der Waals surface area contributed by atoms with Crippen molar-refractivity contribution in [3.8, 4) is 22.9 Å². The lowest BCUT2D eigenvalue weighted by Crippen LogP contribution is -2.25. The molecule has 0 bridgehead atoms. The highest BCUT2D eigenvalue weighted by atomic mass is 35.5. The second kappa shape index (κ2) is 7.91. The number of amides is 1. The number of ether oxygens (including phenoxy) is 3. The van der Waals surface area contributed by atoms with Gasteiger partial charge < -0.3 is 19.5 Å². The van der Waals surface area contributed by atoms with Gasteiger partial charge in [-0.1, -0.05) is 17.7 Å². The number of anilines is 1. The van der Waals surface area contributed by atoms with Crippen LogP contribution in [-0.4, -0.2) is 37.0 Å². The molecule has 3 aromatic rings. The van der Waals surface area contributed by atoms with Gasteiger partial charge in [-0.25, -0.2) is 4.68 Å². The normalized spacial score (nSPS) is 15.4. The summed E-state index contributed by atoms with van der Waals surface area (Å²) < 4.78 is 18.2. The van der Waals surface area contributed by atoms with Crippen molar-refractivity contribution in [1.82, 2.24) is 9.78 Å². The fraction of sp³-hybridized carbons (Fsp3) is 0.273. The largest absolute Gasteiger partial charge is 0.496 e. The van der Waals surface area contributed by atoms with Gasteiger partial charge in [-0.15, -0.1) is 0 Å². The second-order valence-corrected chi connectivity index (χ2v) is 7.41. The van der Waals surface area contributed by atoms with Gasteiger partial charge >= 0.3 is 0 Å². The minimum atomic E-state index is -0.253. The number of hydrogen-bond acceptors (Lipinski definition) is 5. The molecule has 0 fully saturated rings. The summed E-state index contributed by atoms with van der Waals surface area (Å²) in [6.45, 7) is 1.92. The number of fused-ring (bicyclic) bond motifs is 1. The van der Waals surface area contributed by atoms with E-state index in [1.807, 2.05) is 31.2 Å². The first kappa shape index (κ1) is 20.1. The van der Waals surface area contributed by atoms with Crippen molar-refractivity contribution in [3.63, 3.8) is 0 Å². The summed E-state index contributed by atoms with van der Waals surface area (Å²) in [5.41, 5.74) is 3.40. The molecule has 1 unspecified atom stereocenters. The van der Waals surface area contributed by atoms with Gasteiger partial charge in [-0.05, 0) is 30.7 Å². The molecule has 8 heteroatoms. The summed E-state index contributed by atoms with van der Waals surface area (Å²) in [4.78, 5) is 12.6. The van der Waals surface area contributed by atoms with Gasteiger partial charge in [-0.3, -0.25) is 4.79 Å². The van der Waals surface area contributed by atoms with Gasteiger partial charge in [-0.2, -0.15) is 5.10 Å². The molecule has 0 saturated carbocycles. The Morgan fingerprint density at radius 3 is 2.47 bits per heavy atom. The predicted molar refractivity (Wildman–Crippen MR) is 114 cm³/mol. The molecule has 2 aromatic carbocycles. The van der Waals surface area contributed by atoms with E-state index in [2.05, 4.69) is 10.4 Å². The number of carbonyl (C=O) groups is 1. The van der Waals surface area contributed by atoms with E-state index in [4.69, 9.17) is 25.8 Å². The van der Waals surface area contributed by atoms with E-state index in [1.54, 1.807) is 38.3 Å². The summed E-state index contributed by atoms with van der Waals surface area (Å²) >= 11 is 6.30. The maximum Gasteiger partial charge on any atom is 0.226 e. The third-order valence-corrected chi connectivity index (χ3v) is 5.81. The van der Waals surface area contributed by atoms with Gasteiger partial charge in [0.15, 0.2) is 11.5 Å². The zero-order valence-electron chi connectivity index (χ0n) is 17.2. The van der Waals surface area contributed by atoms with Gasteiger partial charge in [0.2, 0.25) is 5.91 Å².